The summed E-state index contributed by atoms with van der Waals surface area (Å²) in [5.74, 6) is 0.818. The van der Waals surface area contributed by atoms with Crippen LogP contribution in [0, 0.1) is 5.92 Å². The van der Waals surface area contributed by atoms with Crippen LogP contribution in [0.2, 0.25) is 0 Å². The van der Waals surface area contributed by atoms with Crippen molar-refractivity contribution < 1.29 is 0 Å². The molecule has 1 heterocycles. The predicted molar refractivity (Wildman–Crippen MR) is 81.5 cm³/mol. The monoisotopic (exact) mass is 258 g/mol. The van der Waals surface area contributed by atoms with Gasteiger partial charge in [-0.15, -0.1) is 0 Å². The van der Waals surface area contributed by atoms with Crippen LogP contribution in [-0.2, 0) is 6.42 Å². The van der Waals surface area contributed by atoms with Gasteiger partial charge in [0.25, 0.3) is 0 Å². The Kier molecular flexibility index (Phi) is 3.53. The molecule has 2 heteroatoms. The van der Waals surface area contributed by atoms with Gasteiger partial charge in [0.2, 0.25) is 0 Å². The van der Waals surface area contributed by atoms with Crippen LogP contribution >= 0.6 is 0 Å². The van der Waals surface area contributed by atoms with Gasteiger partial charge < -0.3 is 10.6 Å². The van der Waals surface area contributed by atoms with Crippen molar-refractivity contribution in [2.75, 3.05) is 18.0 Å². The SMILES string of the molecule is CC1CCC(CN)(N2CCCCc3ccccc32)C1. The Hall–Kier alpha value is -1.02. The van der Waals surface area contributed by atoms with Gasteiger partial charge in [0, 0.05) is 18.8 Å². The number of aryl methyl sites for hydroxylation is 1. The number of rotatable bonds is 2. The fourth-order valence-corrected chi connectivity index (χ4v) is 4.09. The van der Waals surface area contributed by atoms with Crippen LogP contribution in [0.15, 0.2) is 24.3 Å². The first-order valence-corrected chi connectivity index (χ1v) is 7.81. The molecule has 1 aliphatic heterocycles. The predicted octanol–water partition coefficient (Wildman–Crippen LogP) is 3.35. The van der Waals surface area contributed by atoms with E-state index in [4.69, 9.17) is 5.73 Å². The molecular weight excluding hydrogens is 232 g/mol. The Balaban J connectivity index is 1.99. The number of fused-ring (bicyclic) bond motifs is 1. The molecule has 0 radical (unpaired) electrons. The minimum Gasteiger partial charge on any atom is -0.364 e. The van der Waals surface area contributed by atoms with Crippen molar-refractivity contribution in [3.8, 4) is 0 Å². The maximum absolute atomic E-state index is 6.23. The number of nitrogens with two attached hydrogens (primary N) is 1. The van der Waals surface area contributed by atoms with Crippen molar-refractivity contribution in [2.45, 2.75) is 51.0 Å². The molecule has 1 saturated carbocycles. The van der Waals surface area contributed by atoms with E-state index >= 15 is 0 Å². The summed E-state index contributed by atoms with van der Waals surface area (Å²) in [4.78, 5) is 2.67. The molecule has 2 atom stereocenters. The zero-order valence-corrected chi connectivity index (χ0v) is 12.1. The zero-order valence-electron chi connectivity index (χ0n) is 12.1. The molecule has 1 aromatic carbocycles. The zero-order chi connectivity index (χ0) is 13.3. The first-order valence-electron chi connectivity index (χ1n) is 7.81. The first-order chi connectivity index (χ1) is 9.25. The molecular formula is C17H26N2. The van der Waals surface area contributed by atoms with Crippen LogP contribution in [0.1, 0.15) is 44.6 Å². The summed E-state index contributed by atoms with van der Waals surface area (Å²) < 4.78 is 0. The third kappa shape index (κ3) is 2.27. The van der Waals surface area contributed by atoms with Gasteiger partial charge >= 0.3 is 0 Å². The van der Waals surface area contributed by atoms with Gasteiger partial charge in [0.1, 0.15) is 0 Å². The van der Waals surface area contributed by atoms with Crippen LogP contribution in [0.3, 0.4) is 0 Å². The Morgan fingerprint density at radius 3 is 2.89 bits per heavy atom. The molecule has 2 aliphatic rings. The second-order valence-corrected chi connectivity index (χ2v) is 6.51. The Labute approximate surface area is 117 Å². The number of hydrogen-bond donors (Lipinski definition) is 1. The molecule has 1 aliphatic carbocycles. The van der Waals surface area contributed by atoms with Gasteiger partial charge in [-0.05, 0) is 56.1 Å². The van der Waals surface area contributed by atoms with E-state index in [1.165, 1.54) is 56.3 Å². The lowest BCUT2D eigenvalue weighted by atomic mass is 9.92. The lowest BCUT2D eigenvalue weighted by molar-refractivity contribution is 0.389. The van der Waals surface area contributed by atoms with Crippen LogP contribution < -0.4 is 10.6 Å². The Bertz CT molecular complexity index is 443. The number of nitrogens with zero attached hydrogens (tertiary/aromatic N) is 1. The summed E-state index contributed by atoms with van der Waals surface area (Å²) in [5.41, 5.74) is 9.43. The molecule has 2 unspecified atom stereocenters. The molecule has 0 spiro atoms. The van der Waals surface area contributed by atoms with Crippen molar-refractivity contribution in [3.05, 3.63) is 29.8 Å². The minimum atomic E-state index is 0.222. The van der Waals surface area contributed by atoms with E-state index < -0.39 is 0 Å². The summed E-state index contributed by atoms with van der Waals surface area (Å²) in [6.07, 6.45) is 7.68. The van der Waals surface area contributed by atoms with Gasteiger partial charge in [-0.3, -0.25) is 0 Å². The summed E-state index contributed by atoms with van der Waals surface area (Å²) in [5, 5.41) is 0. The quantitative estimate of drug-likeness (QED) is 0.881. The van der Waals surface area contributed by atoms with Crippen molar-refractivity contribution in [2.24, 2.45) is 11.7 Å². The molecule has 1 fully saturated rings. The molecule has 0 saturated heterocycles. The maximum Gasteiger partial charge on any atom is 0.0526 e. The largest absolute Gasteiger partial charge is 0.364 e. The topological polar surface area (TPSA) is 29.3 Å². The van der Waals surface area contributed by atoms with Crippen LogP contribution in [0.25, 0.3) is 0 Å². The molecule has 104 valence electrons. The Morgan fingerprint density at radius 1 is 1.32 bits per heavy atom. The van der Waals surface area contributed by atoms with E-state index in [0.29, 0.717) is 0 Å². The van der Waals surface area contributed by atoms with E-state index in [2.05, 4.69) is 36.1 Å². The third-order valence-electron chi connectivity index (χ3n) is 5.14. The second-order valence-electron chi connectivity index (χ2n) is 6.51. The molecule has 0 bridgehead atoms. The van der Waals surface area contributed by atoms with Crippen molar-refractivity contribution in [1.82, 2.24) is 0 Å². The Morgan fingerprint density at radius 2 is 2.16 bits per heavy atom. The summed E-state index contributed by atoms with van der Waals surface area (Å²) in [7, 11) is 0. The molecule has 1 aromatic rings. The van der Waals surface area contributed by atoms with E-state index in [-0.39, 0.29) is 5.54 Å². The normalized spacial score (nSPS) is 31.1. The summed E-state index contributed by atoms with van der Waals surface area (Å²) >= 11 is 0. The van der Waals surface area contributed by atoms with Crippen molar-refractivity contribution in [1.29, 1.82) is 0 Å². The molecule has 2 nitrogen and oxygen atoms in total. The molecule has 3 rings (SSSR count). The summed E-state index contributed by atoms with van der Waals surface area (Å²) in [6, 6.07) is 8.96. The molecule has 0 aromatic heterocycles. The van der Waals surface area contributed by atoms with Gasteiger partial charge in [-0.25, -0.2) is 0 Å². The highest BCUT2D eigenvalue weighted by molar-refractivity contribution is 5.57. The number of anilines is 1. The van der Waals surface area contributed by atoms with Gasteiger partial charge in [-0.1, -0.05) is 25.1 Å². The third-order valence-corrected chi connectivity index (χ3v) is 5.14. The van der Waals surface area contributed by atoms with Gasteiger partial charge in [0.05, 0.1) is 5.54 Å². The average Bonchev–Trinajstić information content (AvgIpc) is 2.70. The number of para-hydroxylation sites is 1. The number of hydrogen-bond acceptors (Lipinski definition) is 2. The number of benzene rings is 1. The lowest BCUT2D eigenvalue weighted by Gasteiger charge is -2.43. The van der Waals surface area contributed by atoms with Crippen molar-refractivity contribution in [3.63, 3.8) is 0 Å². The highest BCUT2D eigenvalue weighted by atomic mass is 15.2. The summed E-state index contributed by atoms with van der Waals surface area (Å²) in [6.45, 7) is 4.35. The van der Waals surface area contributed by atoms with E-state index in [1.807, 2.05) is 0 Å². The first kappa shape index (κ1) is 13.0. The maximum atomic E-state index is 6.23. The fourth-order valence-electron chi connectivity index (χ4n) is 4.09. The minimum absolute atomic E-state index is 0.222. The lowest BCUT2D eigenvalue weighted by Crippen LogP contribution is -2.53. The fraction of sp³-hybridized carbons (Fsp3) is 0.647. The van der Waals surface area contributed by atoms with Gasteiger partial charge in [-0.2, -0.15) is 0 Å². The smallest absolute Gasteiger partial charge is 0.0526 e. The van der Waals surface area contributed by atoms with Gasteiger partial charge in [0.15, 0.2) is 0 Å². The van der Waals surface area contributed by atoms with Crippen molar-refractivity contribution >= 4 is 5.69 Å². The highest BCUT2D eigenvalue weighted by Crippen LogP contribution is 2.42. The van der Waals surface area contributed by atoms with E-state index in [9.17, 15) is 0 Å². The molecule has 0 amide bonds. The van der Waals surface area contributed by atoms with Crippen LogP contribution in [0.4, 0.5) is 5.69 Å². The van der Waals surface area contributed by atoms with Crippen LogP contribution in [0.5, 0.6) is 0 Å². The van der Waals surface area contributed by atoms with E-state index in [0.717, 1.165) is 12.5 Å². The highest BCUT2D eigenvalue weighted by Gasteiger charge is 2.42. The van der Waals surface area contributed by atoms with Crippen LogP contribution in [-0.4, -0.2) is 18.6 Å². The standard InChI is InChI=1S/C17H26N2/c1-14-9-10-17(12-14,13-18)19-11-5-4-7-15-6-2-3-8-16(15)19/h2-3,6,8,14H,4-5,7,9-13,18H2,1H3. The second kappa shape index (κ2) is 5.16. The molecule has 2 N–H and O–H groups in total. The average molecular weight is 258 g/mol. The van der Waals surface area contributed by atoms with E-state index in [1.54, 1.807) is 0 Å². The molecule has 19 heavy (non-hydrogen) atoms.